The summed E-state index contributed by atoms with van der Waals surface area (Å²) in [6, 6.07) is 0. The number of carbonyl (C=O) groups is 1. The van der Waals surface area contributed by atoms with E-state index in [0.717, 1.165) is 22.1 Å². The summed E-state index contributed by atoms with van der Waals surface area (Å²) < 4.78 is 1.74. The Kier molecular flexibility index (Phi) is 12.6. The fourth-order valence-corrected chi connectivity index (χ4v) is 1.05. The number of hydrogen-bond donors (Lipinski definition) is 0. The second-order valence-corrected chi connectivity index (χ2v) is 6.07. The van der Waals surface area contributed by atoms with E-state index in [1.165, 1.54) is 0 Å². The summed E-state index contributed by atoms with van der Waals surface area (Å²) in [7, 11) is 12.7. The molecule has 0 atom stereocenters. The molecule has 0 fully saturated rings. The summed E-state index contributed by atoms with van der Waals surface area (Å²) in [6.45, 7) is 1.88. The molecule has 0 aliphatic heterocycles. The molecule has 100 valence electrons. The zero-order chi connectivity index (χ0) is 11.4. The van der Waals surface area contributed by atoms with Crippen molar-refractivity contribution in [2.45, 2.75) is 12.8 Å². The van der Waals surface area contributed by atoms with Crippen LogP contribution in [0.4, 0.5) is 0 Å². The van der Waals surface area contributed by atoms with Gasteiger partial charge in [-0.15, -0.1) is 0 Å². The molecule has 0 aliphatic carbocycles. The van der Waals surface area contributed by atoms with E-state index < -0.39 is 0 Å². The van der Waals surface area contributed by atoms with Gasteiger partial charge < -0.3 is 56.9 Å². The zero-order valence-electron chi connectivity index (χ0n) is 11.4. The SMILES string of the molecule is C[N+](C)(C)CCC(=O)CC[N+](C)(C)C.[I-].[I-]. The monoisotopic (exact) mass is 456 g/mol. The van der Waals surface area contributed by atoms with E-state index in [9.17, 15) is 4.79 Å². The van der Waals surface area contributed by atoms with Crippen LogP contribution in [0.2, 0.25) is 0 Å². The van der Waals surface area contributed by atoms with Crippen molar-refractivity contribution in [1.82, 2.24) is 0 Å². The van der Waals surface area contributed by atoms with Crippen LogP contribution in [0.5, 0.6) is 0 Å². The van der Waals surface area contributed by atoms with Crippen molar-refractivity contribution in [2.24, 2.45) is 0 Å². The molecule has 5 heteroatoms. The van der Waals surface area contributed by atoms with Crippen molar-refractivity contribution in [1.29, 1.82) is 0 Å². The molecule has 0 aromatic carbocycles. The van der Waals surface area contributed by atoms with Gasteiger partial charge in [0.1, 0.15) is 5.78 Å². The van der Waals surface area contributed by atoms with Crippen molar-refractivity contribution < 1.29 is 61.7 Å². The molecule has 0 saturated carbocycles. The highest BCUT2D eigenvalue weighted by Gasteiger charge is 2.14. The van der Waals surface area contributed by atoms with E-state index in [1.807, 2.05) is 0 Å². The largest absolute Gasteiger partial charge is 1.00 e. The molecule has 0 bridgehead atoms. The average Bonchev–Trinajstić information content (AvgIpc) is 1.94. The summed E-state index contributed by atoms with van der Waals surface area (Å²) in [5.74, 6) is 0.395. The minimum atomic E-state index is 0. The Morgan fingerprint density at radius 1 is 0.750 bits per heavy atom. The van der Waals surface area contributed by atoms with Crippen molar-refractivity contribution in [3.8, 4) is 0 Å². The maximum Gasteiger partial charge on any atom is 0.144 e. The van der Waals surface area contributed by atoms with Crippen molar-refractivity contribution >= 4 is 5.78 Å². The highest BCUT2D eigenvalue weighted by molar-refractivity contribution is 5.78. The lowest BCUT2D eigenvalue weighted by Gasteiger charge is -2.25. The van der Waals surface area contributed by atoms with E-state index in [-0.39, 0.29) is 48.0 Å². The number of ketones is 1. The lowest BCUT2D eigenvalue weighted by Crippen LogP contribution is -3.00. The number of halogens is 2. The molecular formula is C11H26I2N2O. The molecule has 0 aromatic rings. The Bertz CT molecular complexity index is 175. The van der Waals surface area contributed by atoms with Gasteiger partial charge in [-0.1, -0.05) is 0 Å². The Balaban J connectivity index is -0.000000845. The molecular weight excluding hydrogens is 430 g/mol. The van der Waals surface area contributed by atoms with Gasteiger partial charge in [0, 0.05) is 0 Å². The number of quaternary nitrogens is 2. The van der Waals surface area contributed by atoms with E-state index in [0.29, 0.717) is 18.6 Å². The number of carbonyl (C=O) groups excluding carboxylic acids is 1. The van der Waals surface area contributed by atoms with Crippen LogP contribution in [-0.2, 0) is 4.79 Å². The van der Waals surface area contributed by atoms with Crippen LogP contribution in [0, 0.1) is 0 Å². The molecule has 0 rings (SSSR count). The molecule has 0 aromatic heterocycles. The third-order valence-corrected chi connectivity index (χ3v) is 2.12. The van der Waals surface area contributed by atoms with Gasteiger partial charge in [0.25, 0.3) is 0 Å². The summed E-state index contributed by atoms with van der Waals surface area (Å²) in [4.78, 5) is 11.5. The van der Waals surface area contributed by atoms with Gasteiger partial charge in [-0.25, -0.2) is 0 Å². The fraction of sp³-hybridized carbons (Fsp3) is 0.909. The second kappa shape index (κ2) is 9.04. The molecule has 0 unspecified atom stereocenters. The number of hydrogen-bond acceptors (Lipinski definition) is 1. The molecule has 0 radical (unpaired) electrons. The van der Waals surface area contributed by atoms with Gasteiger partial charge in [0.2, 0.25) is 0 Å². The standard InChI is InChI=1S/C11H26N2O.2HI/c1-12(2,3)9-7-11(14)8-10-13(4,5)6;;/h7-10H2,1-6H3;2*1H/q+2;;/p-2. The third kappa shape index (κ3) is 17.4. The first-order valence-corrected chi connectivity index (χ1v) is 5.23. The highest BCUT2D eigenvalue weighted by Crippen LogP contribution is 2.00. The molecule has 0 spiro atoms. The Morgan fingerprint density at radius 2 is 1.00 bits per heavy atom. The number of nitrogens with zero attached hydrogens (tertiary/aromatic N) is 2. The van der Waals surface area contributed by atoms with Crippen molar-refractivity contribution in [2.75, 3.05) is 55.4 Å². The minimum absolute atomic E-state index is 0. The van der Waals surface area contributed by atoms with Crippen LogP contribution < -0.4 is 48.0 Å². The molecule has 3 nitrogen and oxygen atoms in total. The van der Waals surface area contributed by atoms with Gasteiger partial charge >= 0.3 is 0 Å². The first kappa shape index (κ1) is 22.2. The van der Waals surface area contributed by atoms with Crippen LogP contribution >= 0.6 is 0 Å². The predicted molar refractivity (Wildman–Crippen MR) is 60.0 cm³/mol. The van der Waals surface area contributed by atoms with Crippen LogP contribution in [0.3, 0.4) is 0 Å². The highest BCUT2D eigenvalue weighted by atomic mass is 127. The molecule has 0 saturated heterocycles. The van der Waals surface area contributed by atoms with Crippen LogP contribution in [0.25, 0.3) is 0 Å². The summed E-state index contributed by atoms with van der Waals surface area (Å²) in [5, 5.41) is 0. The summed E-state index contributed by atoms with van der Waals surface area (Å²) >= 11 is 0. The van der Waals surface area contributed by atoms with Gasteiger partial charge in [0.15, 0.2) is 0 Å². The maximum absolute atomic E-state index is 11.5. The third-order valence-electron chi connectivity index (χ3n) is 2.12. The lowest BCUT2D eigenvalue weighted by atomic mass is 10.2. The van der Waals surface area contributed by atoms with E-state index in [4.69, 9.17) is 0 Å². The van der Waals surface area contributed by atoms with E-state index in [1.54, 1.807) is 0 Å². The molecule has 0 N–H and O–H groups in total. The topological polar surface area (TPSA) is 17.1 Å². The van der Waals surface area contributed by atoms with Crippen LogP contribution in [-0.4, -0.2) is 70.1 Å². The fourth-order valence-electron chi connectivity index (χ4n) is 1.05. The van der Waals surface area contributed by atoms with Crippen LogP contribution in [0.15, 0.2) is 0 Å². The number of rotatable bonds is 6. The average molecular weight is 456 g/mol. The maximum atomic E-state index is 11.5. The van der Waals surface area contributed by atoms with E-state index in [2.05, 4.69) is 42.3 Å². The van der Waals surface area contributed by atoms with E-state index >= 15 is 0 Å². The van der Waals surface area contributed by atoms with Crippen LogP contribution in [0.1, 0.15) is 12.8 Å². The summed E-state index contributed by atoms with van der Waals surface area (Å²) in [6.07, 6.45) is 1.42. The second-order valence-electron chi connectivity index (χ2n) is 6.07. The lowest BCUT2D eigenvalue weighted by molar-refractivity contribution is -0.870. The molecule has 16 heavy (non-hydrogen) atoms. The first-order chi connectivity index (χ1) is 6.10. The molecule has 0 aliphatic rings. The Labute approximate surface area is 135 Å². The molecule has 0 amide bonds. The zero-order valence-corrected chi connectivity index (χ0v) is 15.7. The number of Topliss-reactive ketones (excluding diaryl/α,β-unsaturated/α-hetero) is 1. The van der Waals surface area contributed by atoms with Gasteiger partial charge in [-0.2, -0.15) is 0 Å². The quantitative estimate of drug-likeness (QED) is 0.289. The minimum Gasteiger partial charge on any atom is -1.00 e. The predicted octanol–water partition coefficient (Wildman–Crippen LogP) is -5.24. The Hall–Kier alpha value is 1.05. The van der Waals surface area contributed by atoms with Crippen molar-refractivity contribution in [3.05, 3.63) is 0 Å². The van der Waals surface area contributed by atoms with Gasteiger partial charge in [-0.3, -0.25) is 4.79 Å². The Morgan fingerprint density at radius 3 is 1.19 bits per heavy atom. The van der Waals surface area contributed by atoms with Gasteiger partial charge in [-0.05, 0) is 0 Å². The first-order valence-electron chi connectivity index (χ1n) is 5.23. The van der Waals surface area contributed by atoms with Crippen molar-refractivity contribution in [3.63, 3.8) is 0 Å². The molecule has 0 heterocycles. The summed E-state index contributed by atoms with van der Waals surface area (Å²) in [5.41, 5.74) is 0. The smallest absolute Gasteiger partial charge is 0.144 e. The van der Waals surface area contributed by atoms with Gasteiger partial charge in [0.05, 0.1) is 68.2 Å². The normalized spacial score (nSPS) is 11.4.